The van der Waals surface area contributed by atoms with Crippen molar-refractivity contribution in [2.75, 3.05) is 0 Å². The third-order valence-electron chi connectivity index (χ3n) is 3.09. The van der Waals surface area contributed by atoms with Crippen molar-refractivity contribution >= 4 is 32.1 Å². The Kier molecular flexibility index (Phi) is 3.56. The highest BCUT2D eigenvalue weighted by Crippen LogP contribution is 2.20. The van der Waals surface area contributed by atoms with E-state index in [1.54, 1.807) is 17.5 Å². The molecule has 3 nitrogen and oxygen atoms in total. The number of hydrogen-bond acceptors (Lipinski definition) is 3. The second kappa shape index (κ2) is 5.36. The van der Waals surface area contributed by atoms with Crippen LogP contribution >= 0.6 is 11.3 Å². The SMILES string of the molecule is O=S(=O)(NCc1cccc2ccccc12)c1cccs1. The van der Waals surface area contributed by atoms with Gasteiger partial charge in [-0.15, -0.1) is 11.3 Å². The predicted octanol–water partition coefficient (Wildman–Crippen LogP) is 3.38. The van der Waals surface area contributed by atoms with Gasteiger partial charge in [0, 0.05) is 6.54 Å². The molecule has 0 saturated heterocycles. The van der Waals surface area contributed by atoms with E-state index in [0.29, 0.717) is 10.8 Å². The van der Waals surface area contributed by atoms with E-state index < -0.39 is 10.0 Å². The van der Waals surface area contributed by atoms with Gasteiger partial charge in [0.1, 0.15) is 4.21 Å². The lowest BCUT2D eigenvalue weighted by atomic mass is 10.1. The van der Waals surface area contributed by atoms with E-state index in [-0.39, 0.29) is 0 Å². The first-order valence-corrected chi connectivity index (χ1v) is 8.53. The third kappa shape index (κ3) is 2.60. The van der Waals surface area contributed by atoms with Crippen LogP contribution < -0.4 is 4.72 Å². The fourth-order valence-corrected chi connectivity index (χ4v) is 4.15. The van der Waals surface area contributed by atoms with Crippen molar-refractivity contribution in [2.24, 2.45) is 0 Å². The van der Waals surface area contributed by atoms with Gasteiger partial charge in [0.25, 0.3) is 0 Å². The number of benzene rings is 2. The minimum Gasteiger partial charge on any atom is -0.206 e. The van der Waals surface area contributed by atoms with Crippen LogP contribution in [0.25, 0.3) is 10.8 Å². The minimum absolute atomic E-state index is 0.293. The average molecular weight is 303 g/mol. The van der Waals surface area contributed by atoms with Crippen molar-refractivity contribution in [3.63, 3.8) is 0 Å². The summed E-state index contributed by atoms with van der Waals surface area (Å²) >= 11 is 1.22. The molecule has 3 rings (SSSR count). The van der Waals surface area contributed by atoms with Crippen LogP contribution in [0.4, 0.5) is 0 Å². The zero-order valence-electron chi connectivity index (χ0n) is 10.6. The molecule has 1 N–H and O–H groups in total. The zero-order valence-corrected chi connectivity index (χ0v) is 12.2. The van der Waals surface area contributed by atoms with Crippen molar-refractivity contribution < 1.29 is 8.42 Å². The molecule has 20 heavy (non-hydrogen) atoms. The van der Waals surface area contributed by atoms with Crippen LogP contribution in [0.5, 0.6) is 0 Å². The number of rotatable bonds is 4. The molecular weight excluding hydrogens is 290 g/mol. The maximum Gasteiger partial charge on any atom is 0.250 e. The molecule has 0 unspecified atom stereocenters. The van der Waals surface area contributed by atoms with Gasteiger partial charge in [-0.05, 0) is 27.8 Å². The largest absolute Gasteiger partial charge is 0.250 e. The van der Waals surface area contributed by atoms with Gasteiger partial charge < -0.3 is 0 Å². The summed E-state index contributed by atoms with van der Waals surface area (Å²) in [5.74, 6) is 0. The van der Waals surface area contributed by atoms with Crippen LogP contribution in [-0.2, 0) is 16.6 Å². The number of thiophene rings is 1. The van der Waals surface area contributed by atoms with Gasteiger partial charge in [-0.2, -0.15) is 0 Å². The molecule has 0 radical (unpaired) electrons. The summed E-state index contributed by atoms with van der Waals surface area (Å²) < 4.78 is 27.2. The Bertz CT molecular complexity index is 819. The van der Waals surface area contributed by atoms with Crippen LogP contribution in [0.1, 0.15) is 5.56 Å². The highest BCUT2D eigenvalue weighted by atomic mass is 32.2. The highest BCUT2D eigenvalue weighted by molar-refractivity contribution is 7.91. The second-order valence-electron chi connectivity index (χ2n) is 4.39. The lowest BCUT2D eigenvalue weighted by Crippen LogP contribution is -2.22. The molecule has 102 valence electrons. The normalized spacial score (nSPS) is 11.8. The van der Waals surface area contributed by atoms with Gasteiger partial charge >= 0.3 is 0 Å². The van der Waals surface area contributed by atoms with E-state index in [1.807, 2.05) is 42.5 Å². The Morgan fingerprint density at radius 1 is 0.950 bits per heavy atom. The molecule has 0 atom stereocenters. The summed E-state index contributed by atoms with van der Waals surface area (Å²) in [5, 5.41) is 3.94. The molecule has 5 heteroatoms. The minimum atomic E-state index is -3.42. The first-order chi connectivity index (χ1) is 9.67. The smallest absolute Gasteiger partial charge is 0.206 e. The van der Waals surface area contributed by atoms with Crippen molar-refractivity contribution in [1.29, 1.82) is 0 Å². The monoisotopic (exact) mass is 303 g/mol. The Labute approximate surface area is 121 Å². The summed E-state index contributed by atoms with van der Waals surface area (Å²) in [6.45, 7) is 0.293. The van der Waals surface area contributed by atoms with Gasteiger partial charge in [-0.1, -0.05) is 48.5 Å². The standard InChI is InChI=1S/C15H13NO2S2/c17-20(18,15-9-4-10-19-15)16-11-13-7-3-6-12-5-1-2-8-14(12)13/h1-10,16H,11H2. The van der Waals surface area contributed by atoms with Crippen LogP contribution in [-0.4, -0.2) is 8.42 Å². The van der Waals surface area contributed by atoms with Gasteiger partial charge in [0.05, 0.1) is 0 Å². The average Bonchev–Trinajstić information content (AvgIpc) is 3.00. The van der Waals surface area contributed by atoms with E-state index in [0.717, 1.165) is 16.3 Å². The van der Waals surface area contributed by atoms with Crippen molar-refractivity contribution in [2.45, 2.75) is 10.8 Å². The summed E-state index contributed by atoms with van der Waals surface area (Å²) in [6.07, 6.45) is 0. The second-order valence-corrected chi connectivity index (χ2v) is 7.34. The topological polar surface area (TPSA) is 46.2 Å². The van der Waals surface area contributed by atoms with Gasteiger partial charge in [0.2, 0.25) is 10.0 Å². The molecule has 1 aromatic heterocycles. The molecule has 1 heterocycles. The van der Waals surface area contributed by atoms with Crippen LogP contribution in [0.2, 0.25) is 0 Å². The Hall–Kier alpha value is -1.69. The lowest BCUT2D eigenvalue weighted by Gasteiger charge is -2.08. The van der Waals surface area contributed by atoms with Crippen LogP contribution in [0.3, 0.4) is 0 Å². The fraction of sp³-hybridized carbons (Fsp3) is 0.0667. The highest BCUT2D eigenvalue weighted by Gasteiger charge is 2.14. The van der Waals surface area contributed by atoms with E-state index in [1.165, 1.54) is 11.3 Å². The molecule has 0 aliphatic rings. The van der Waals surface area contributed by atoms with Crippen molar-refractivity contribution in [1.82, 2.24) is 4.72 Å². The maximum absolute atomic E-state index is 12.1. The molecule has 2 aromatic carbocycles. The van der Waals surface area contributed by atoms with E-state index >= 15 is 0 Å². The van der Waals surface area contributed by atoms with Crippen LogP contribution in [0, 0.1) is 0 Å². The Morgan fingerprint density at radius 3 is 2.55 bits per heavy atom. The molecule has 0 saturated carbocycles. The molecule has 0 amide bonds. The van der Waals surface area contributed by atoms with Gasteiger partial charge in [-0.3, -0.25) is 0 Å². The van der Waals surface area contributed by atoms with Crippen molar-refractivity contribution in [3.8, 4) is 0 Å². The first-order valence-electron chi connectivity index (χ1n) is 6.17. The van der Waals surface area contributed by atoms with Crippen molar-refractivity contribution in [3.05, 3.63) is 65.5 Å². The summed E-state index contributed by atoms with van der Waals surface area (Å²) in [5.41, 5.74) is 0.975. The van der Waals surface area contributed by atoms with E-state index in [9.17, 15) is 8.42 Å². The lowest BCUT2D eigenvalue weighted by molar-refractivity contribution is 0.583. The number of nitrogens with one attached hydrogen (secondary N) is 1. The molecule has 0 aliphatic carbocycles. The van der Waals surface area contributed by atoms with Gasteiger partial charge in [0.15, 0.2) is 0 Å². The summed E-state index contributed by atoms with van der Waals surface area (Å²) in [7, 11) is -3.42. The van der Waals surface area contributed by atoms with Gasteiger partial charge in [-0.25, -0.2) is 13.1 Å². The third-order valence-corrected chi connectivity index (χ3v) is 5.89. The Balaban J connectivity index is 1.88. The number of fused-ring (bicyclic) bond motifs is 1. The summed E-state index contributed by atoms with van der Waals surface area (Å²) in [4.78, 5) is 0. The molecule has 0 fully saturated rings. The molecule has 0 aliphatic heterocycles. The predicted molar refractivity (Wildman–Crippen MR) is 82.3 cm³/mol. The molecule has 0 bridgehead atoms. The van der Waals surface area contributed by atoms with E-state index in [4.69, 9.17) is 0 Å². The first kappa shape index (κ1) is 13.3. The van der Waals surface area contributed by atoms with E-state index in [2.05, 4.69) is 4.72 Å². The maximum atomic E-state index is 12.1. The quantitative estimate of drug-likeness (QED) is 0.803. The zero-order chi connectivity index (χ0) is 14.0. The van der Waals surface area contributed by atoms with Crippen LogP contribution in [0.15, 0.2) is 64.2 Å². The number of sulfonamides is 1. The molecular formula is C15H13NO2S2. The number of hydrogen-bond donors (Lipinski definition) is 1. The summed E-state index contributed by atoms with van der Waals surface area (Å²) in [6, 6.07) is 17.2. The molecule has 0 spiro atoms. The fourth-order valence-electron chi connectivity index (χ4n) is 2.11. The Morgan fingerprint density at radius 2 is 1.75 bits per heavy atom. The molecule has 3 aromatic rings.